The van der Waals surface area contributed by atoms with Gasteiger partial charge < -0.3 is 19.9 Å². The summed E-state index contributed by atoms with van der Waals surface area (Å²) in [5, 5.41) is 23.0. The van der Waals surface area contributed by atoms with Gasteiger partial charge in [-0.25, -0.2) is 4.98 Å². The molecular weight excluding hydrogens is 396 g/mol. The van der Waals surface area contributed by atoms with Gasteiger partial charge in [-0.05, 0) is 42.8 Å². The van der Waals surface area contributed by atoms with Gasteiger partial charge in [0.1, 0.15) is 5.75 Å². The number of aromatic amines is 1. The molecule has 1 aliphatic heterocycles. The van der Waals surface area contributed by atoms with E-state index in [1.807, 2.05) is 24.3 Å². The maximum absolute atomic E-state index is 11.6. The highest BCUT2D eigenvalue weighted by atomic mass is 16.5. The number of hydrogen-bond donors (Lipinski definition) is 3. The Morgan fingerprint density at radius 2 is 1.81 bits per heavy atom. The molecule has 158 valence electrons. The molecule has 3 heterocycles. The molecule has 0 radical (unpaired) electrons. The predicted octanol–water partition coefficient (Wildman–Crippen LogP) is 3.32. The van der Waals surface area contributed by atoms with E-state index in [0.717, 1.165) is 39.5 Å². The van der Waals surface area contributed by atoms with E-state index in [4.69, 9.17) is 14.5 Å². The molecule has 1 fully saturated rings. The van der Waals surface area contributed by atoms with E-state index in [2.05, 4.69) is 15.5 Å². The van der Waals surface area contributed by atoms with Crippen molar-refractivity contribution in [3.8, 4) is 28.5 Å². The highest BCUT2D eigenvalue weighted by Crippen LogP contribution is 2.40. The lowest BCUT2D eigenvalue weighted by atomic mass is 9.98. The maximum atomic E-state index is 11.6. The minimum absolute atomic E-state index is 0.0723. The number of ether oxygens (including phenoxy) is 2. The normalized spacial score (nSPS) is 16.1. The number of H-pyrrole nitrogens is 1. The molecule has 8 nitrogen and oxygen atoms in total. The lowest BCUT2D eigenvalue weighted by Crippen LogP contribution is -2.27. The first-order valence-electron chi connectivity index (χ1n) is 10.1. The van der Waals surface area contributed by atoms with E-state index < -0.39 is 0 Å². The summed E-state index contributed by atoms with van der Waals surface area (Å²) in [4.78, 5) is 16.5. The molecule has 0 aliphatic carbocycles. The van der Waals surface area contributed by atoms with Crippen molar-refractivity contribution in [3.05, 3.63) is 42.1 Å². The molecule has 1 aliphatic rings. The number of fused-ring (bicyclic) bond motifs is 3. The number of carbonyl (C=O) groups excluding carboxylic acids is 1. The average molecular weight is 418 g/mol. The minimum Gasteiger partial charge on any atom is -0.508 e. The van der Waals surface area contributed by atoms with Crippen molar-refractivity contribution in [2.45, 2.75) is 25.3 Å². The van der Waals surface area contributed by atoms with Crippen LogP contribution in [-0.4, -0.2) is 46.5 Å². The van der Waals surface area contributed by atoms with Gasteiger partial charge in [-0.2, -0.15) is 5.10 Å². The standard InChI is InChI=1S/C23H22N4O4/c1-30-18-10-15-16(11-19(18)31-2)22(12-3-6-14(28)7-4-12)25-23-21(15)17(26-27-23)9-13-5-8-20(29)24-13/h3-4,6-7,10-11,13,28H,5,8-9H2,1-2H3,(H,24,29)(H,25,26,27). The van der Waals surface area contributed by atoms with Crippen LogP contribution in [0, 0.1) is 0 Å². The van der Waals surface area contributed by atoms with Crippen LogP contribution >= 0.6 is 0 Å². The second-order valence-corrected chi connectivity index (χ2v) is 7.67. The van der Waals surface area contributed by atoms with Crippen molar-refractivity contribution in [1.82, 2.24) is 20.5 Å². The van der Waals surface area contributed by atoms with Crippen LogP contribution < -0.4 is 14.8 Å². The quantitative estimate of drug-likeness (QED) is 0.459. The Morgan fingerprint density at radius 1 is 1.10 bits per heavy atom. The van der Waals surface area contributed by atoms with Gasteiger partial charge in [-0.15, -0.1) is 0 Å². The van der Waals surface area contributed by atoms with Crippen LogP contribution in [0.1, 0.15) is 18.5 Å². The van der Waals surface area contributed by atoms with E-state index >= 15 is 0 Å². The number of nitrogens with one attached hydrogen (secondary N) is 2. The van der Waals surface area contributed by atoms with Crippen LogP contribution in [0.5, 0.6) is 17.2 Å². The van der Waals surface area contributed by atoms with Gasteiger partial charge in [0.25, 0.3) is 0 Å². The van der Waals surface area contributed by atoms with Gasteiger partial charge >= 0.3 is 0 Å². The molecule has 1 unspecified atom stereocenters. The first-order valence-corrected chi connectivity index (χ1v) is 10.1. The molecule has 0 spiro atoms. The van der Waals surface area contributed by atoms with Crippen molar-refractivity contribution in [2.75, 3.05) is 14.2 Å². The summed E-state index contributed by atoms with van der Waals surface area (Å²) >= 11 is 0. The number of methoxy groups -OCH3 is 2. The summed E-state index contributed by atoms with van der Waals surface area (Å²) in [6.07, 6.45) is 1.99. The van der Waals surface area contributed by atoms with Gasteiger partial charge in [0, 0.05) is 46.3 Å². The first kappa shape index (κ1) is 19.2. The molecular formula is C23H22N4O4. The Labute approximate surface area is 178 Å². The number of aromatic hydroxyl groups is 1. The molecule has 3 N–H and O–H groups in total. The van der Waals surface area contributed by atoms with E-state index in [-0.39, 0.29) is 17.7 Å². The molecule has 1 saturated heterocycles. The fourth-order valence-electron chi connectivity index (χ4n) is 4.24. The molecule has 4 aromatic rings. The lowest BCUT2D eigenvalue weighted by Gasteiger charge is -2.14. The first-order chi connectivity index (χ1) is 15.1. The van der Waals surface area contributed by atoms with Gasteiger partial charge in [-0.3, -0.25) is 9.89 Å². The van der Waals surface area contributed by atoms with E-state index in [1.165, 1.54) is 0 Å². The van der Waals surface area contributed by atoms with Gasteiger partial charge in [0.2, 0.25) is 5.91 Å². The lowest BCUT2D eigenvalue weighted by molar-refractivity contribution is -0.119. The largest absolute Gasteiger partial charge is 0.508 e. The number of pyridine rings is 1. The fraction of sp³-hybridized carbons (Fsp3) is 0.261. The number of hydrogen-bond acceptors (Lipinski definition) is 6. The summed E-state index contributed by atoms with van der Waals surface area (Å²) in [5.74, 6) is 1.48. The molecule has 1 amide bonds. The Hall–Kier alpha value is -3.81. The summed E-state index contributed by atoms with van der Waals surface area (Å²) < 4.78 is 11.1. The van der Waals surface area contributed by atoms with Crippen molar-refractivity contribution in [3.63, 3.8) is 0 Å². The smallest absolute Gasteiger partial charge is 0.220 e. The number of rotatable bonds is 5. The van der Waals surface area contributed by atoms with Crippen LogP contribution in [0.3, 0.4) is 0 Å². The second kappa shape index (κ2) is 7.46. The second-order valence-electron chi connectivity index (χ2n) is 7.67. The van der Waals surface area contributed by atoms with Crippen LogP contribution in [0.2, 0.25) is 0 Å². The van der Waals surface area contributed by atoms with Crippen LogP contribution in [0.25, 0.3) is 33.1 Å². The van der Waals surface area contributed by atoms with Crippen molar-refractivity contribution < 1.29 is 19.4 Å². The van der Waals surface area contributed by atoms with Crippen LogP contribution in [0.15, 0.2) is 36.4 Å². The topological polar surface area (TPSA) is 109 Å². The average Bonchev–Trinajstić information content (AvgIpc) is 3.38. The van der Waals surface area contributed by atoms with Gasteiger partial charge in [0.05, 0.1) is 19.9 Å². The number of aromatic nitrogens is 3. The molecule has 5 rings (SSSR count). The third-order valence-electron chi connectivity index (χ3n) is 5.76. The monoisotopic (exact) mass is 418 g/mol. The Kier molecular flexibility index (Phi) is 4.62. The SMILES string of the molecule is COc1cc2c(-c3ccc(O)cc3)nc3n[nH]c(CC4CCC(=O)N4)c3c2cc1OC. The highest BCUT2D eigenvalue weighted by molar-refractivity contribution is 6.12. The van der Waals surface area contributed by atoms with Crippen LogP contribution in [-0.2, 0) is 11.2 Å². The van der Waals surface area contributed by atoms with Crippen molar-refractivity contribution >= 4 is 27.7 Å². The van der Waals surface area contributed by atoms with Gasteiger partial charge in [-0.1, -0.05) is 0 Å². The Morgan fingerprint density at radius 3 is 2.45 bits per heavy atom. The number of nitrogens with zero attached hydrogens (tertiary/aromatic N) is 2. The molecule has 0 saturated carbocycles. The summed E-state index contributed by atoms with van der Waals surface area (Å²) in [6, 6.07) is 10.8. The summed E-state index contributed by atoms with van der Waals surface area (Å²) in [5.41, 5.74) is 3.09. The highest BCUT2D eigenvalue weighted by Gasteiger charge is 2.24. The van der Waals surface area contributed by atoms with E-state index in [0.29, 0.717) is 30.0 Å². The van der Waals surface area contributed by atoms with Crippen LogP contribution in [0.4, 0.5) is 0 Å². The van der Waals surface area contributed by atoms with Gasteiger partial charge in [0.15, 0.2) is 17.1 Å². The molecule has 31 heavy (non-hydrogen) atoms. The molecule has 2 aromatic heterocycles. The zero-order valence-electron chi connectivity index (χ0n) is 17.2. The van der Waals surface area contributed by atoms with Crippen molar-refractivity contribution in [2.24, 2.45) is 0 Å². The third kappa shape index (κ3) is 3.30. The minimum atomic E-state index is 0.0723. The maximum Gasteiger partial charge on any atom is 0.220 e. The zero-order valence-corrected chi connectivity index (χ0v) is 17.2. The summed E-state index contributed by atoms with van der Waals surface area (Å²) in [6.45, 7) is 0. The number of carbonyl (C=O) groups is 1. The van der Waals surface area contributed by atoms with Crippen molar-refractivity contribution in [1.29, 1.82) is 0 Å². The zero-order chi connectivity index (χ0) is 21.5. The number of amides is 1. The Bertz CT molecular complexity index is 1300. The molecule has 2 aromatic carbocycles. The number of benzene rings is 2. The van der Waals surface area contributed by atoms with E-state index in [1.54, 1.807) is 26.4 Å². The molecule has 0 bridgehead atoms. The number of phenolic OH excluding ortho intramolecular Hbond substituents is 1. The molecule has 1 atom stereocenters. The Balaban J connectivity index is 1.76. The van der Waals surface area contributed by atoms with E-state index in [9.17, 15) is 9.90 Å². The fourth-order valence-corrected chi connectivity index (χ4v) is 4.24. The summed E-state index contributed by atoms with van der Waals surface area (Å²) in [7, 11) is 3.20. The third-order valence-corrected chi connectivity index (χ3v) is 5.76. The molecule has 8 heteroatoms. The number of phenols is 1. The predicted molar refractivity (Wildman–Crippen MR) is 116 cm³/mol.